The first-order valence-electron chi connectivity index (χ1n) is 8.82. The lowest BCUT2D eigenvalue weighted by Crippen LogP contribution is -1.99. The molecule has 29 heavy (non-hydrogen) atoms. The number of fused-ring (bicyclic) bond motifs is 1. The summed E-state index contributed by atoms with van der Waals surface area (Å²) in [6, 6.07) is 16.9. The molecule has 4 rings (SSSR count). The highest BCUT2D eigenvalue weighted by molar-refractivity contribution is 6.09. The molecule has 4 aromatic rings. The van der Waals surface area contributed by atoms with E-state index in [1.165, 1.54) is 0 Å². The van der Waals surface area contributed by atoms with Gasteiger partial charge in [0.05, 0.1) is 0 Å². The van der Waals surface area contributed by atoms with Crippen molar-refractivity contribution >= 4 is 23.0 Å². The number of hydrogen-bond donors (Lipinski definition) is 3. The number of hydrogen-bond acceptors (Lipinski definition) is 6. The molecular formula is C23H16O6. The molecule has 0 atom stereocenters. The normalized spacial score (nSPS) is 10.9. The highest BCUT2D eigenvalue weighted by Crippen LogP contribution is 2.36. The van der Waals surface area contributed by atoms with Crippen LogP contribution in [0.4, 0.5) is 0 Å². The highest BCUT2D eigenvalue weighted by atomic mass is 16.3. The summed E-state index contributed by atoms with van der Waals surface area (Å²) in [6.07, 6.45) is 1.23. The van der Waals surface area contributed by atoms with Crippen molar-refractivity contribution in [1.82, 2.24) is 0 Å². The largest absolute Gasteiger partial charge is 0.504 e. The fraction of sp³-hybridized carbons (Fsp3) is 0.0435. The molecule has 3 aromatic carbocycles. The molecule has 0 radical (unpaired) electrons. The summed E-state index contributed by atoms with van der Waals surface area (Å²) in [4.78, 5) is 23.3. The van der Waals surface area contributed by atoms with Crippen LogP contribution >= 0.6 is 0 Å². The number of furan rings is 1. The molecule has 0 aliphatic rings. The molecule has 0 unspecified atom stereocenters. The van der Waals surface area contributed by atoms with E-state index < -0.39 is 23.0 Å². The zero-order valence-corrected chi connectivity index (χ0v) is 15.1. The van der Waals surface area contributed by atoms with Crippen LogP contribution in [0.3, 0.4) is 0 Å². The zero-order valence-electron chi connectivity index (χ0n) is 15.1. The molecule has 6 heteroatoms. The maximum atomic E-state index is 12.7. The molecule has 0 spiro atoms. The van der Waals surface area contributed by atoms with Gasteiger partial charge in [0.25, 0.3) is 0 Å². The van der Waals surface area contributed by atoms with Crippen molar-refractivity contribution in [3.05, 3.63) is 77.6 Å². The van der Waals surface area contributed by atoms with Crippen molar-refractivity contribution in [2.45, 2.75) is 6.42 Å². The van der Waals surface area contributed by atoms with Crippen LogP contribution in [-0.2, 0) is 11.2 Å². The Labute approximate surface area is 165 Å². The second-order valence-electron chi connectivity index (χ2n) is 6.62. The van der Waals surface area contributed by atoms with E-state index >= 15 is 0 Å². The van der Waals surface area contributed by atoms with E-state index in [0.29, 0.717) is 12.0 Å². The van der Waals surface area contributed by atoms with Gasteiger partial charge < -0.3 is 24.5 Å². The van der Waals surface area contributed by atoms with Gasteiger partial charge in [0.15, 0.2) is 23.0 Å². The van der Waals surface area contributed by atoms with Gasteiger partial charge in [-0.25, -0.2) is 0 Å². The van der Waals surface area contributed by atoms with Gasteiger partial charge in [0.1, 0.15) is 11.9 Å². The number of aldehydes is 1. The molecule has 144 valence electrons. The smallest absolute Gasteiger partial charge is 0.228 e. The molecule has 6 nitrogen and oxygen atoms in total. The predicted molar refractivity (Wildman–Crippen MR) is 106 cm³/mol. The van der Waals surface area contributed by atoms with E-state index in [9.17, 15) is 24.9 Å². The molecule has 1 heterocycles. The predicted octanol–water partition coefficient (Wildman–Crippen LogP) is 4.19. The maximum Gasteiger partial charge on any atom is 0.228 e. The lowest BCUT2D eigenvalue weighted by molar-refractivity contribution is -0.107. The van der Waals surface area contributed by atoms with Crippen LogP contribution in [0.2, 0.25) is 0 Å². The standard InChI is InChI=1S/C23H16O6/c24-8-7-13-1-3-14(4-2-13)15-5-6-20-16(9-15)12-21(29-20)22(27)17-10-18(25)23(28)19(26)11-17/h1-6,8-12,25-26,28H,7H2. The van der Waals surface area contributed by atoms with Crippen molar-refractivity contribution in [2.24, 2.45) is 0 Å². The highest BCUT2D eigenvalue weighted by Gasteiger charge is 2.19. The summed E-state index contributed by atoms with van der Waals surface area (Å²) in [5.74, 6) is -2.36. The first kappa shape index (κ1) is 18.3. The molecule has 0 bridgehead atoms. The van der Waals surface area contributed by atoms with E-state index in [2.05, 4.69) is 0 Å². The summed E-state index contributed by atoms with van der Waals surface area (Å²) >= 11 is 0. The van der Waals surface area contributed by atoms with Crippen LogP contribution in [-0.4, -0.2) is 27.4 Å². The number of carbonyl (C=O) groups excluding carboxylic acids is 2. The third-order valence-electron chi connectivity index (χ3n) is 4.68. The average Bonchev–Trinajstić information content (AvgIpc) is 3.15. The van der Waals surface area contributed by atoms with Gasteiger partial charge >= 0.3 is 0 Å². The van der Waals surface area contributed by atoms with Gasteiger partial charge in [-0.15, -0.1) is 0 Å². The minimum Gasteiger partial charge on any atom is -0.504 e. The lowest BCUT2D eigenvalue weighted by atomic mass is 10.0. The molecule has 0 aliphatic carbocycles. The van der Waals surface area contributed by atoms with Gasteiger partial charge in [-0.1, -0.05) is 30.3 Å². The second-order valence-corrected chi connectivity index (χ2v) is 6.62. The first-order valence-corrected chi connectivity index (χ1v) is 8.82. The number of carbonyl (C=O) groups is 2. The third kappa shape index (κ3) is 3.43. The second kappa shape index (κ2) is 7.16. The molecule has 0 fully saturated rings. The van der Waals surface area contributed by atoms with E-state index in [1.54, 1.807) is 12.1 Å². The summed E-state index contributed by atoms with van der Waals surface area (Å²) in [5, 5.41) is 29.4. The minimum absolute atomic E-state index is 0.0113. The van der Waals surface area contributed by atoms with Gasteiger partial charge in [0, 0.05) is 17.4 Å². The van der Waals surface area contributed by atoms with Crippen LogP contribution in [0.1, 0.15) is 21.7 Å². The Balaban J connectivity index is 1.68. The molecule has 3 N–H and O–H groups in total. The topological polar surface area (TPSA) is 108 Å². The fourth-order valence-electron chi connectivity index (χ4n) is 3.14. The molecule has 0 saturated heterocycles. The summed E-state index contributed by atoms with van der Waals surface area (Å²) in [5.41, 5.74) is 3.32. The summed E-state index contributed by atoms with van der Waals surface area (Å²) < 4.78 is 5.62. The van der Waals surface area contributed by atoms with Crippen LogP contribution in [0, 0.1) is 0 Å². The number of ketones is 1. The molecular weight excluding hydrogens is 372 g/mol. The minimum atomic E-state index is -0.685. The van der Waals surface area contributed by atoms with Crippen LogP contribution < -0.4 is 0 Å². The molecule has 1 aromatic heterocycles. The Bertz CT molecular complexity index is 1210. The summed E-state index contributed by atoms with van der Waals surface area (Å²) in [6.45, 7) is 0. The Kier molecular flexibility index (Phi) is 4.52. The van der Waals surface area contributed by atoms with E-state index in [0.717, 1.165) is 40.5 Å². The Morgan fingerprint density at radius 2 is 1.52 bits per heavy atom. The van der Waals surface area contributed by atoms with Crippen LogP contribution in [0.15, 0.2) is 65.1 Å². The van der Waals surface area contributed by atoms with Crippen LogP contribution in [0.5, 0.6) is 17.2 Å². The summed E-state index contributed by atoms with van der Waals surface area (Å²) in [7, 11) is 0. The number of phenolic OH excluding ortho intramolecular Hbond substituents is 3. The van der Waals surface area contributed by atoms with Crippen molar-refractivity contribution in [1.29, 1.82) is 0 Å². The van der Waals surface area contributed by atoms with Gasteiger partial charge in [-0.05, 0) is 47.0 Å². The van der Waals surface area contributed by atoms with E-state index in [4.69, 9.17) is 4.42 Å². The van der Waals surface area contributed by atoms with Crippen molar-refractivity contribution in [3.8, 4) is 28.4 Å². The number of rotatable bonds is 5. The fourth-order valence-corrected chi connectivity index (χ4v) is 3.14. The van der Waals surface area contributed by atoms with E-state index in [-0.39, 0.29) is 11.3 Å². The van der Waals surface area contributed by atoms with Crippen molar-refractivity contribution in [3.63, 3.8) is 0 Å². The first-order chi connectivity index (χ1) is 14.0. The quantitative estimate of drug-likeness (QED) is 0.269. The molecule has 0 amide bonds. The van der Waals surface area contributed by atoms with Crippen molar-refractivity contribution in [2.75, 3.05) is 0 Å². The van der Waals surface area contributed by atoms with Gasteiger partial charge in [0.2, 0.25) is 5.78 Å². The SMILES string of the molecule is O=CCc1ccc(-c2ccc3oc(C(=O)c4cc(O)c(O)c(O)c4)cc3c2)cc1. The number of benzene rings is 3. The maximum absolute atomic E-state index is 12.7. The Morgan fingerprint density at radius 3 is 2.17 bits per heavy atom. The molecule has 0 saturated carbocycles. The third-order valence-corrected chi connectivity index (χ3v) is 4.68. The van der Waals surface area contributed by atoms with Crippen molar-refractivity contribution < 1.29 is 29.3 Å². The lowest BCUT2D eigenvalue weighted by Gasteiger charge is -2.03. The van der Waals surface area contributed by atoms with Gasteiger partial charge in [-0.3, -0.25) is 4.79 Å². The Morgan fingerprint density at radius 1 is 0.862 bits per heavy atom. The zero-order chi connectivity index (χ0) is 20.5. The molecule has 0 aliphatic heterocycles. The van der Waals surface area contributed by atoms with Crippen LogP contribution in [0.25, 0.3) is 22.1 Å². The number of aromatic hydroxyl groups is 3. The van der Waals surface area contributed by atoms with Gasteiger partial charge in [-0.2, -0.15) is 0 Å². The Hall–Kier alpha value is -4.06. The number of phenols is 3. The van der Waals surface area contributed by atoms with E-state index in [1.807, 2.05) is 36.4 Å². The monoisotopic (exact) mass is 388 g/mol. The average molecular weight is 388 g/mol.